The molecule has 1 aliphatic carbocycles. The van der Waals surface area contributed by atoms with Crippen LogP contribution in [-0.4, -0.2) is 40.2 Å². The fraction of sp³-hybridized carbons (Fsp3) is 0.179. The molecule has 0 unspecified atom stereocenters. The van der Waals surface area contributed by atoms with Crippen LogP contribution in [0, 0.1) is 11.3 Å². The predicted octanol–water partition coefficient (Wildman–Crippen LogP) is 5.06. The summed E-state index contributed by atoms with van der Waals surface area (Å²) < 4.78 is 12.6. The summed E-state index contributed by atoms with van der Waals surface area (Å²) in [4.78, 5) is 27.5. The minimum absolute atomic E-state index is 0.0259. The monoisotopic (exact) mass is 527 g/mol. The van der Waals surface area contributed by atoms with Gasteiger partial charge in [-0.05, 0) is 48.4 Å². The molecule has 1 fully saturated rings. The fourth-order valence-electron chi connectivity index (χ4n) is 3.26. The second kappa shape index (κ2) is 12.9. The summed E-state index contributed by atoms with van der Waals surface area (Å²) in [6.07, 6.45) is 6.00. The number of aromatic nitrogens is 3. The lowest BCUT2D eigenvalue weighted by atomic mass is 10.2. The van der Waals surface area contributed by atoms with E-state index in [-0.39, 0.29) is 11.5 Å². The van der Waals surface area contributed by atoms with Crippen LogP contribution in [0.3, 0.4) is 0 Å². The number of para-hydroxylation sites is 1. The number of benzene rings is 2. The Morgan fingerprint density at radius 1 is 1.03 bits per heavy atom. The lowest BCUT2D eigenvalue weighted by Crippen LogP contribution is -2.20. The Bertz CT molecular complexity index is 1460. The molecule has 1 saturated carbocycles. The molecule has 4 N–H and O–H groups in total. The van der Waals surface area contributed by atoms with Crippen molar-refractivity contribution in [2.75, 3.05) is 23.1 Å². The number of nitrogens with one attached hydrogen (secondary N) is 4. The van der Waals surface area contributed by atoms with Crippen molar-refractivity contribution in [2.45, 2.75) is 19.8 Å². The van der Waals surface area contributed by atoms with Crippen molar-refractivity contribution in [2.24, 2.45) is 5.92 Å². The summed E-state index contributed by atoms with van der Waals surface area (Å²) in [6, 6.07) is 19.2. The Morgan fingerprint density at radius 3 is 2.33 bits per heavy atom. The van der Waals surface area contributed by atoms with E-state index in [0.717, 1.165) is 17.8 Å². The van der Waals surface area contributed by atoms with Gasteiger partial charge in [0.2, 0.25) is 18.2 Å². The minimum Gasteiger partial charge on any atom is -0.482 e. The van der Waals surface area contributed by atoms with Crippen LogP contribution in [0.2, 0.25) is 0 Å². The summed E-state index contributed by atoms with van der Waals surface area (Å²) in [5, 5.41) is 20.2. The first-order valence-corrected chi connectivity index (χ1v) is 12.3. The Hall–Kier alpha value is -5.19. The van der Waals surface area contributed by atoms with E-state index in [4.69, 9.17) is 14.9 Å². The molecule has 2 aromatic heterocycles. The number of hydrogen-bond donors (Lipinski definition) is 4. The molecule has 11 heteroatoms. The molecule has 0 aliphatic heterocycles. The quantitative estimate of drug-likeness (QED) is 0.0976. The van der Waals surface area contributed by atoms with E-state index in [1.54, 1.807) is 42.6 Å². The van der Waals surface area contributed by atoms with Gasteiger partial charge in [0.25, 0.3) is 5.91 Å². The van der Waals surface area contributed by atoms with Crippen LogP contribution in [0.1, 0.15) is 19.8 Å². The number of imidazole rings is 1. The Balaban J connectivity index is 0.000000808. The molecule has 11 nitrogen and oxygen atoms in total. The van der Waals surface area contributed by atoms with Crippen LogP contribution in [0.5, 0.6) is 11.6 Å². The maximum atomic E-state index is 12.8. The number of amides is 2. The van der Waals surface area contributed by atoms with Gasteiger partial charge in [-0.2, -0.15) is 0 Å². The van der Waals surface area contributed by atoms with Gasteiger partial charge in [-0.1, -0.05) is 38.0 Å². The van der Waals surface area contributed by atoms with Crippen molar-refractivity contribution in [1.82, 2.24) is 14.6 Å². The van der Waals surface area contributed by atoms with Crippen LogP contribution >= 0.6 is 0 Å². The molecule has 0 radical (unpaired) electrons. The van der Waals surface area contributed by atoms with E-state index in [0.29, 0.717) is 35.2 Å². The average Bonchev–Trinajstić information content (AvgIpc) is 3.63. The van der Waals surface area contributed by atoms with Gasteiger partial charge in [-0.3, -0.25) is 9.59 Å². The summed E-state index contributed by atoms with van der Waals surface area (Å²) in [5.74, 6) is 1.90. The molecule has 2 heterocycles. The first-order valence-electron chi connectivity index (χ1n) is 12.3. The topological polar surface area (TPSA) is 143 Å². The molecular formula is C28H29N7O4. The number of carbonyl (C=O) groups is 2. The number of hydrogen-bond acceptors (Lipinski definition) is 8. The third-order valence-electron chi connectivity index (χ3n) is 5.57. The number of nitrogens with zero attached hydrogens (tertiary/aromatic N) is 3. The maximum Gasteiger partial charge on any atom is 0.262 e. The lowest BCUT2D eigenvalue weighted by Gasteiger charge is -2.13. The van der Waals surface area contributed by atoms with Gasteiger partial charge in [0.05, 0.1) is 13.3 Å². The average molecular weight is 528 g/mol. The molecule has 0 spiro atoms. The Labute approximate surface area is 225 Å². The molecule has 2 aromatic carbocycles. The highest BCUT2D eigenvalue weighted by atomic mass is 16.5. The molecule has 200 valence electrons. The van der Waals surface area contributed by atoms with Gasteiger partial charge in [-0.25, -0.2) is 9.50 Å². The smallest absolute Gasteiger partial charge is 0.262 e. The van der Waals surface area contributed by atoms with E-state index in [9.17, 15) is 9.59 Å². The van der Waals surface area contributed by atoms with Gasteiger partial charge < -0.3 is 30.8 Å². The van der Waals surface area contributed by atoms with Crippen LogP contribution in [-0.2, 0) is 14.3 Å². The second-order valence-corrected chi connectivity index (χ2v) is 8.71. The molecule has 0 bridgehead atoms. The Kier molecular flexibility index (Phi) is 8.86. The predicted molar refractivity (Wildman–Crippen MR) is 149 cm³/mol. The zero-order chi connectivity index (χ0) is 27.6. The van der Waals surface area contributed by atoms with Crippen molar-refractivity contribution in [3.05, 3.63) is 84.4 Å². The van der Waals surface area contributed by atoms with Gasteiger partial charge in [0, 0.05) is 23.7 Å². The van der Waals surface area contributed by atoms with E-state index in [1.807, 2.05) is 30.3 Å². The van der Waals surface area contributed by atoms with Crippen LogP contribution in [0.4, 0.5) is 17.2 Å². The van der Waals surface area contributed by atoms with Crippen molar-refractivity contribution in [3.63, 3.8) is 0 Å². The number of methoxy groups -OCH3 is 1. The largest absolute Gasteiger partial charge is 0.482 e. The second-order valence-electron chi connectivity index (χ2n) is 8.71. The van der Waals surface area contributed by atoms with Gasteiger partial charge in [0.1, 0.15) is 11.3 Å². The number of ether oxygens (including phenoxy) is 2. The number of rotatable bonds is 10. The normalized spacial score (nSPS) is 12.8. The molecular weight excluding hydrogens is 498 g/mol. The van der Waals surface area contributed by atoms with Gasteiger partial charge in [-0.15, -0.1) is 5.10 Å². The first kappa shape index (κ1) is 26.9. The third kappa shape index (κ3) is 7.65. The lowest BCUT2D eigenvalue weighted by molar-refractivity contribution is -0.112. The SMILES string of the molecule is CC1CC1.CO/C(Nc1ccccc1)=C(/C=N)C(=O)Nc1ccc(Oc2ccc3nc(NC=O)cn3n2)cc1. The van der Waals surface area contributed by atoms with Gasteiger partial charge in [0.15, 0.2) is 11.5 Å². The molecule has 5 rings (SSSR count). The Morgan fingerprint density at radius 2 is 1.72 bits per heavy atom. The number of anilines is 3. The third-order valence-corrected chi connectivity index (χ3v) is 5.57. The van der Waals surface area contributed by atoms with E-state index in [1.165, 1.54) is 24.5 Å². The van der Waals surface area contributed by atoms with Crippen molar-refractivity contribution in [1.29, 1.82) is 5.41 Å². The van der Waals surface area contributed by atoms with Crippen LogP contribution < -0.4 is 20.7 Å². The van der Waals surface area contributed by atoms with Crippen molar-refractivity contribution in [3.8, 4) is 11.6 Å². The summed E-state index contributed by atoms with van der Waals surface area (Å²) in [6.45, 7) is 2.28. The fourth-order valence-corrected chi connectivity index (χ4v) is 3.26. The first-order chi connectivity index (χ1) is 19.0. The highest BCUT2D eigenvalue weighted by molar-refractivity contribution is 6.17. The van der Waals surface area contributed by atoms with Crippen LogP contribution in [0.25, 0.3) is 5.65 Å². The molecule has 4 aromatic rings. The van der Waals surface area contributed by atoms with Crippen molar-refractivity contribution >= 4 is 41.4 Å². The molecule has 39 heavy (non-hydrogen) atoms. The summed E-state index contributed by atoms with van der Waals surface area (Å²) in [7, 11) is 1.42. The van der Waals surface area contributed by atoms with Crippen LogP contribution in [0.15, 0.2) is 84.4 Å². The molecule has 1 aliphatic rings. The number of fused-ring (bicyclic) bond motifs is 1. The maximum absolute atomic E-state index is 12.8. The highest BCUT2D eigenvalue weighted by Gasteiger charge is 2.16. The minimum atomic E-state index is -0.513. The summed E-state index contributed by atoms with van der Waals surface area (Å²) in [5.41, 5.74) is 1.79. The zero-order valence-corrected chi connectivity index (χ0v) is 21.5. The van der Waals surface area contributed by atoms with Gasteiger partial charge >= 0.3 is 0 Å². The summed E-state index contributed by atoms with van der Waals surface area (Å²) >= 11 is 0. The standard InChI is InChI=1S/C24H21N7O4.C4H8/c1-34-24(28-16-5-3-2-4-6-16)19(13-25)23(33)27-17-7-9-18(10-8-17)35-22-12-11-21-29-20(26-15-32)14-31(21)30-22;1-4-2-3-4/h2-15,25,28H,1H3,(H,26,32)(H,27,33);4H,2-3H2,1H3/b24-19-,25-13?;. The highest BCUT2D eigenvalue weighted by Crippen LogP contribution is 2.26. The van der Waals surface area contributed by atoms with E-state index >= 15 is 0 Å². The zero-order valence-electron chi connectivity index (χ0n) is 21.5. The van der Waals surface area contributed by atoms with E-state index < -0.39 is 5.91 Å². The van der Waals surface area contributed by atoms with Crippen molar-refractivity contribution < 1.29 is 19.1 Å². The molecule has 0 saturated heterocycles. The molecule has 2 amide bonds. The molecule has 0 atom stereocenters. The van der Waals surface area contributed by atoms with E-state index in [2.05, 4.69) is 33.0 Å². The number of carbonyl (C=O) groups excluding carboxylic acids is 2.